The maximum Gasteiger partial charge on any atom is 0.334 e. The van der Waals surface area contributed by atoms with Crippen LogP contribution in [-0.2, 0) is 32.0 Å². The number of benzene rings is 1. The van der Waals surface area contributed by atoms with Crippen LogP contribution in [0.5, 0.6) is 0 Å². The van der Waals surface area contributed by atoms with E-state index >= 15 is 0 Å². The molecule has 0 radical (unpaired) electrons. The number of ketones is 1. The molecule has 9 heteroatoms. The fourth-order valence-electron chi connectivity index (χ4n) is 2.91. The highest BCUT2D eigenvalue weighted by atomic mass is 19.1. The maximum atomic E-state index is 13.3. The summed E-state index contributed by atoms with van der Waals surface area (Å²) in [5, 5.41) is 2.40. The number of carbonyl (C=O) groups is 3. The van der Waals surface area contributed by atoms with Gasteiger partial charge in [0.1, 0.15) is 11.6 Å². The molecule has 0 saturated heterocycles. The van der Waals surface area contributed by atoms with Gasteiger partial charge in [-0.2, -0.15) is 0 Å². The van der Waals surface area contributed by atoms with Crippen molar-refractivity contribution in [2.24, 2.45) is 5.73 Å². The van der Waals surface area contributed by atoms with Crippen molar-refractivity contribution in [2.45, 2.75) is 31.3 Å². The first kappa shape index (κ1) is 22.1. The Morgan fingerprint density at radius 3 is 2.28 bits per heavy atom. The lowest BCUT2D eigenvalue weighted by molar-refractivity contribution is -0.152. The number of methoxy groups -OCH3 is 1. The second kappa shape index (κ2) is 9.33. The van der Waals surface area contributed by atoms with E-state index < -0.39 is 40.9 Å². The summed E-state index contributed by atoms with van der Waals surface area (Å²) < 4.78 is 31.2. The zero-order valence-corrected chi connectivity index (χ0v) is 15.9. The Balaban J connectivity index is 2.13. The normalized spacial score (nSPS) is 13.8. The van der Waals surface area contributed by atoms with Crippen LogP contribution in [-0.4, -0.2) is 41.3 Å². The lowest BCUT2D eigenvalue weighted by atomic mass is 9.84. The number of aromatic nitrogens is 1. The molecule has 0 unspecified atom stereocenters. The Hall–Kier alpha value is -3.20. The molecular formula is C20H21F2N3O4. The van der Waals surface area contributed by atoms with Crippen LogP contribution in [0.2, 0.25) is 0 Å². The average Bonchev–Trinajstić information content (AvgIpc) is 2.66. The molecule has 0 aliphatic heterocycles. The molecule has 0 bridgehead atoms. The van der Waals surface area contributed by atoms with Gasteiger partial charge in [0.25, 0.3) is 0 Å². The summed E-state index contributed by atoms with van der Waals surface area (Å²) in [5.74, 6) is -4.01. The third-order valence-electron chi connectivity index (χ3n) is 4.28. The highest BCUT2D eigenvalue weighted by Crippen LogP contribution is 2.16. The number of hydrogen-bond acceptors (Lipinski definition) is 6. The van der Waals surface area contributed by atoms with Crippen LogP contribution in [0.4, 0.5) is 8.78 Å². The highest BCUT2D eigenvalue weighted by Gasteiger charge is 2.45. The summed E-state index contributed by atoms with van der Waals surface area (Å²) >= 11 is 0. The van der Waals surface area contributed by atoms with Gasteiger partial charge in [0.15, 0.2) is 11.3 Å². The average molecular weight is 405 g/mol. The van der Waals surface area contributed by atoms with Crippen molar-refractivity contribution in [1.82, 2.24) is 10.3 Å². The van der Waals surface area contributed by atoms with Gasteiger partial charge in [0.05, 0.1) is 19.6 Å². The molecule has 0 saturated carbocycles. The van der Waals surface area contributed by atoms with Crippen molar-refractivity contribution in [3.05, 3.63) is 65.5 Å². The van der Waals surface area contributed by atoms with E-state index in [1.54, 1.807) is 12.1 Å². The summed E-state index contributed by atoms with van der Waals surface area (Å²) in [7, 11) is 1.10. The molecule has 7 nitrogen and oxygen atoms in total. The van der Waals surface area contributed by atoms with Crippen molar-refractivity contribution in [2.75, 3.05) is 7.11 Å². The van der Waals surface area contributed by atoms with Gasteiger partial charge in [-0.25, -0.2) is 13.6 Å². The fraction of sp³-hybridized carbons (Fsp3) is 0.300. The molecule has 0 fully saturated rings. The second-order valence-electron chi connectivity index (χ2n) is 6.60. The van der Waals surface area contributed by atoms with E-state index in [0.29, 0.717) is 11.6 Å². The van der Waals surface area contributed by atoms with Gasteiger partial charge in [-0.1, -0.05) is 0 Å². The minimum Gasteiger partial charge on any atom is -0.467 e. The van der Waals surface area contributed by atoms with E-state index in [1.807, 2.05) is 0 Å². The first-order valence-electron chi connectivity index (χ1n) is 8.70. The Morgan fingerprint density at radius 2 is 1.72 bits per heavy atom. The molecule has 0 spiro atoms. The number of ether oxygens (including phenoxy) is 1. The number of hydrogen-bond donors (Lipinski definition) is 2. The van der Waals surface area contributed by atoms with Crippen molar-refractivity contribution < 1.29 is 27.9 Å². The van der Waals surface area contributed by atoms with E-state index in [4.69, 9.17) is 5.73 Å². The summed E-state index contributed by atoms with van der Waals surface area (Å²) in [6.45, 7) is 1.36. The maximum absolute atomic E-state index is 13.3. The Labute approximate surface area is 166 Å². The quantitative estimate of drug-likeness (QED) is 0.502. The number of nitrogens with two attached hydrogens (primary N) is 1. The summed E-state index contributed by atoms with van der Waals surface area (Å²) in [6.07, 6.45) is 2.46. The lowest BCUT2D eigenvalue weighted by Gasteiger charge is -2.28. The number of nitrogens with zero attached hydrogens (tertiary/aromatic N) is 1. The van der Waals surface area contributed by atoms with Crippen LogP contribution in [0, 0.1) is 11.6 Å². The molecule has 2 aromatic rings. The van der Waals surface area contributed by atoms with E-state index in [-0.39, 0.29) is 18.4 Å². The molecule has 2 rings (SSSR count). The number of esters is 1. The van der Waals surface area contributed by atoms with Crippen LogP contribution in [0.25, 0.3) is 0 Å². The summed E-state index contributed by atoms with van der Waals surface area (Å²) in [4.78, 5) is 41.2. The van der Waals surface area contributed by atoms with Gasteiger partial charge in [0, 0.05) is 24.9 Å². The zero-order valence-electron chi connectivity index (χ0n) is 15.9. The fourth-order valence-corrected chi connectivity index (χ4v) is 2.91. The summed E-state index contributed by atoms with van der Waals surface area (Å²) in [6, 6.07) is 4.76. The van der Waals surface area contributed by atoms with Crippen LogP contribution < -0.4 is 11.1 Å². The Morgan fingerprint density at radius 1 is 1.14 bits per heavy atom. The molecule has 29 heavy (non-hydrogen) atoms. The van der Waals surface area contributed by atoms with E-state index in [0.717, 1.165) is 19.2 Å². The SMILES string of the molecule is COC(=O)[C@](N)(Cc1ccncc1)C(=O)[C@H](C)NC(=O)Cc1cc(F)cc(F)c1. The van der Waals surface area contributed by atoms with Crippen molar-refractivity contribution >= 4 is 17.7 Å². The number of carbonyl (C=O) groups excluding carboxylic acids is 3. The van der Waals surface area contributed by atoms with Crippen LogP contribution in [0.3, 0.4) is 0 Å². The second-order valence-corrected chi connectivity index (χ2v) is 6.60. The Kier molecular flexibility index (Phi) is 7.11. The molecule has 1 aromatic carbocycles. The van der Waals surface area contributed by atoms with Crippen molar-refractivity contribution in [3.8, 4) is 0 Å². The molecule has 1 aromatic heterocycles. The first-order valence-corrected chi connectivity index (χ1v) is 8.70. The number of rotatable bonds is 8. The van der Waals surface area contributed by atoms with E-state index in [2.05, 4.69) is 15.0 Å². The molecular weight excluding hydrogens is 384 g/mol. The molecule has 3 N–H and O–H groups in total. The van der Waals surface area contributed by atoms with E-state index in [9.17, 15) is 23.2 Å². The van der Waals surface area contributed by atoms with E-state index in [1.165, 1.54) is 19.3 Å². The highest BCUT2D eigenvalue weighted by molar-refractivity contribution is 6.11. The topological polar surface area (TPSA) is 111 Å². The smallest absolute Gasteiger partial charge is 0.334 e. The lowest BCUT2D eigenvalue weighted by Crippen LogP contribution is -2.62. The van der Waals surface area contributed by atoms with Crippen LogP contribution in [0.15, 0.2) is 42.7 Å². The Bertz CT molecular complexity index is 888. The largest absolute Gasteiger partial charge is 0.467 e. The monoisotopic (exact) mass is 405 g/mol. The van der Waals surface area contributed by atoms with Gasteiger partial charge >= 0.3 is 5.97 Å². The number of nitrogens with one attached hydrogen (secondary N) is 1. The first-order chi connectivity index (χ1) is 13.7. The molecule has 154 valence electrons. The molecule has 0 aliphatic rings. The van der Waals surface area contributed by atoms with Gasteiger partial charge in [-0.15, -0.1) is 0 Å². The summed E-state index contributed by atoms with van der Waals surface area (Å²) in [5.41, 5.74) is 4.75. The third-order valence-corrected chi connectivity index (χ3v) is 4.28. The third kappa shape index (κ3) is 5.64. The minimum absolute atomic E-state index is 0.100. The predicted octanol–water partition coefficient (Wildman–Crippen LogP) is 1.09. The van der Waals surface area contributed by atoms with Gasteiger partial charge in [-0.05, 0) is 42.3 Å². The number of halogens is 2. The van der Waals surface area contributed by atoms with Gasteiger partial charge in [-0.3, -0.25) is 14.6 Å². The van der Waals surface area contributed by atoms with Gasteiger partial charge in [0.2, 0.25) is 5.91 Å². The van der Waals surface area contributed by atoms with Crippen molar-refractivity contribution in [3.63, 3.8) is 0 Å². The molecule has 2 atom stereocenters. The minimum atomic E-state index is -2.03. The number of amides is 1. The van der Waals surface area contributed by atoms with Crippen LogP contribution in [0.1, 0.15) is 18.1 Å². The molecule has 1 heterocycles. The zero-order chi connectivity index (χ0) is 21.6. The number of Topliss-reactive ketones (excluding diaryl/α,β-unsaturated/α-hetero) is 1. The standard InChI is InChI=1S/C20H21F2N3O4/c1-12(25-17(26)9-14-7-15(21)10-16(22)8-14)18(27)20(23,19(28)29-2)11-13-3-5-24-6-4-13/h3-8,10,12H,9,11,23H2,1-2H3,(H,25,26)/t12-,20-/m0/s1. The molecule has 0 aliphatic carbocycles. The predicted molar refractivity (Wildman–Crippen MR) is 99.5 cm³/mol. The van der Waals surface area contributed by atoms with Gasteiger partial charge < -0.3 is 15.8 Å². The van der Waals surface area contributed by atoms with Crippen molar-refractivity contribution in [1.29, 1.82) is 0 Å². The number of pyridine rings is 1. The molecule has 1 amide bonds. The van der Waals surface area contributed by atoms with Crippen LogP contribution >= 0.6 is 0 Å².